The molecule has 3 saturated heterocycles. The molecule has 0 amide bonds. The van der Waals surface area contributed by atoms with E-state index >= 15 is 0 Å². The van der Waals surface area contributed by atoms with E-state index in [1.165, 1.54) is 0 Å². The van der Waals surface area contributed by atoms with Gasteiger partial charge in [0.1, 0.15) is 86.4 Å². The second-order valence-electron chi connectivity index (χ2n) is 11.8. The van der Waals surface area contributed by atoms with Gasteiger partial charge >= 0.3 is 7.82 Å². The average Bonchev–Trinajstić information content (AvgIpc) is 2.94. The van der Waals surface area contributed by atoms with Crippen molar-refractivity contribution in [1.29, 1.82) is 0 Å². The van der Waals surface area contributed by atoms with Crippen LogP contribution in [0.5, 0.6) is 0 Å². The van der Waals surface area contributed by atoms with Crippen molar-refractivity contribution in [3.63, 3.8) is 0 Å². The highest BCUT2D eigenvalue weighted by Gasteiger charge is 2.52. The van der Waals surface area contributed by atoms with Crippen molar-refractivity contribution in [3.05, 3.63) is 0 Å². The summed E-state index contributed by atoms with van der Waals surface area (Å²) in [4.78, 5) is 10.2. The van der Waals surface area contributed by atoms with E-state index in [-0.39, 0.29) is 6.61 Å². The molecule has 44 heavy (non-hydrogen) atoms. The van der Waals surface area contributed by atoms with Crippen molar-refractivity contribution in [2.75, 3.05) is 54.1 Å². The molecule has 3 rings (SSSR count). The average molecular weight is 671 g/mol. The Hall–Kier alpha value is -0.530. The van der Waals surface area contributed by atoms with Crippen molar-refractivity contribution in [1.82, 2.24) is 0 Å². The van der Waals surface area contributed by atoms with Crippen LogP contribution in [0.4, 0.5) is 0 Å². The van der Waals surface area contributed by atoms with Crippen LogP contribution < -0.4 is 0 Å². The molecule has 1 unspecified atom stereocenters. The van der Waals surface area contributed by atoms with Gasteiger partial charge in [0.15, 0.2) is 18.9 Å². The highest BCUT2D eigenvalue weighted by Crippen LogP contribution is 2.44. The van der Waals surface area contributed by atoms with Crippen molar-refractivity contribution in [3.8, 4) is 0 Å². The number of phosphoric ester groups is 1. The number of phosphoric acid groups is 1. The fraction of sp³-hybridized carbons (Fsp3) is 1.00. The van der Waals surface area contributed by atoms with Gasteiger partial charge in [0, 0.05) is 0 Å². The van der Waals surface area contributed by atoms with E-state index < -0.39 is 120 Å². The highest BCUT2D eigenvalue weighted by atomic mass is 31.2. The highest BCUT2D eigenvalue weighted by molar-refractivity contribution is 7.47. The third-order valence-electron chi connectivity index (χ3n) is 7.31. The molecule has 0 spiro atoms. The van der Waals surface area contributed by atoms with Crippen LogP contribution in [0.2, 0.25) is 0 Å². The van der Waals surface area contributed by atoms with Gasteiger partial charge in [0.25, 0.3) is 0 Å². The number of rotatable bonds is 13. The maximum Gasteiger partial charge on any atom is 0.472 e. The molecule has 0 aromatic rings. The van der Waals surface area contributed by atoms with Gasteiger partial charge in [-0.15, -0.1) is 0 Å². The largest absolute Gasteiger partial charge is 0.472 e. The van der Waals surface area contributed by atoms with Crippen molar-refractivity contribution in [2.45, 2.75) is 92.1 Å². The van der Waals surface area contributed by atoms with Crippen LogP contribution in [0.15, 0.2) is 0 Å². The first-order valence-corrected chi connectivity index (χ1v) is 15.3. The van der Waals surface area contributed by atoms with E-state index in [2.05, 4.69) is 0 Å². The number of quaternary nitrogens is 1. The summed E-state index contributed by atoms with van der Waals surface area (Å²) in [5.41, 5.74) is 0. The van der Waals surface area contributed by atoms with Gasteiger partial charge in [-0.3, -0.25) is 9.05 Å². The van der Waals surface area contributed by atoms with Crippen LogP contribution in [-0.2, 0) is 37.3 Å². The van der Waals surface area contributed by atoms with E-state index in [9.17, 15) is 60.5 Å². The molecule has 0 saturated carbocycles. The Bertz CT molecular complexity index is 942. The second-order valence-corrected chi connectivity index (χ2v) is 13.3. The van der Waals surface area contributed by atoms with Crippen LogP contribution in [0.1, 0.15) is 0 Å². The molecule has 0 aromatic carbocycles. The van der Waals surface area contributed by atoms with Crippen LogP contribution in [0.25, 0.3) is 0 Å². The van der Waals surface area contributed by atoms with E-state index in [1.54, 1.807) is 0 Å². The SMILES string of the molecule is C[N+](C)(C)CCOP(=O)(O)OC[C@H]1O[C@@H](OC[C@H]2O[C@@H](O)[C@H](O)[C@@H](O)[C@H]2O)[C@H](O)[C@@H](O)[C@H]1O[C@H]1O[C@H](CO)[C@@H](O)[C@H](O)[C@@H]1O. The van der Waals surface area contributed by atoms with E-state index in [1.807, 2.05) is 21.1 Å². The van der Waals surface area contributed by atoms with Crippen molar-refractivity contribution in [2.24, 2.45) is 0 Å². The Balaban J connectivity index is 1.75. The summed E-state index contributed by atoms with van der Waals surface area (Å²) in [7, 11) is 0.721. The zero-order valence-corrected chi connectivity index (χ0v) is 25.2. The van der Waals surface area contributed by atoms with Crippen LogP contribution in [0.3, 0.4) is 0 Å². The Kier molecular flexibility index (Phi) is 13.4. The van der Waals surface area contributed by atoms with Gasteiger partial charge < -0.3 is 84.1 Å². The smallest absolute Gasteiger partial charge is 0.394 e. The van der Waals surface area contributed by atoms with E-state index in [4.69, 9.17) is 32.7 Å². The maximum absolute atomic E-state index is 12.5. The molecular formula is C23H45NO19P+. The Labute approximate surface area is 252 Å². The van der Waals surface area contributed by atoms with Gasteiger partial charge in [0.2, 0.25) is 0 Å². The van der Waals surface area contributed by atoms with Gasteiger partial charge in [-0.05, 0) is 0 Å². The van der Waals surface area contributed by atoms with Gasteiger partial charge in [-0.25, -0.2) is 4.57 Å². The lowest BCUT2D eigenvalue weighted by Gasteiger charge is -2.46. The molecule has 21 heteroatoms. The topological polar surface area (TPSA) is 304 Å². The summed E-state index contributed by atoms with van der Waals surface area (Å²) in [6.07, 6.45) is -26.5. The van der Waals surface area contributed by atoms with Gasteiger partial charge in [0.05, 0.1) is 41.0 Å². The lowest BCUT2D eigenvalue weighted by Crippen LogP contribution is -2.65. The first-order valence-electron chi connectivity index (χ1n) is 13.8. The number of aliphatic hydroxyl groups excluding tert-OH is 10. The summed E-state index contributed by atoms with van der Waals surface area (Å²) in [5, 5.41) is 101. The Morgan fingerprint density at radius 2 is 1.23 bits per heavy atom. The number of aliphatic hydroxyl groups is 10. The normalized spacial score (nSPS) is 45.2. The number of hydrogen-bond donors (Lipinski definition) is 11. The first-order chi connectivity index (χ1) is 20.4. The summed E-state index contributed by atoms with van der Waals surface area (Å²) in [6.45, 7) is -2.18. The quantitative estimate of drug-likeness (QED) is 0.0641. The molecule has 11 N–H and O–H groups in total. The Morgan fingerprint density at radius 3 is 1.84 bits per heavy atom. The summed E-state index contributed by atoms with van der Waals surface area (Å²) >= 11 is 0. The Morgan fingerprint density at radius 1 is 0.659 bits per heavy atom. The summed E-state index contributed by atoms with van der Waals surface area (Å²) in [5.74, 6) is 0. The third kappa shape index (κ3) is 9.52. The van der Waals surface area contributed by atoms with Gasteiger partial charge in [-0.2, -0.15) is 0 Å². The molecule has 3 heterocycles. The first kappa shape index (κ1) is 37.9. The minimum absolute atomic E-state index is 0.184. The number of ether oxygens (including phenoxy) is 5. The summed E-state index contributed by atoms with van der Waals surface area (Å²) < 4.78 is 49.9. The fourth-order valence-electron chi connectivity index (χ4n) is 4.57. The molecule has 3 aliphatic heterocycles. The minimum Gasteiger partial charge on any atom is -0.394 e. The van der Waals surface area contributed by atoms with Crippen LogP contribution in [0, 0.1) is 0 Å². The standard InChI is InChI=1S/C23H44NO19P/c1-24(2,3)4-5-38-44(35,36)39-8-11-20(43-23-18(32)15(29)12(26)9(6-25)41-23)16(30)19(33)22(42-11)37-7-10-13(27)14(28)17(31)21(34)40-10/h9-23,25-34H,4-8H2,1-3H3/p+1/t9-,10-,11-,12-,13+,14+,15+,16-,17-,18+,19-,20+,21-,22-,23-/m1/s1. The molecule has 16 atom stereocenters. The van der Waals surface area contributed by atoms with Crippen LogP contribution in [-0.4, -0.2) is 207 Å². The molecule has 0 radical (unpaired) electrons. The second kappa shape index (κ2) is 15.6. The van der Waals surface area contributed by atoms with E-state index in [0.717, 1.165) is 0 Å². The number of nitrogens with zero attached hydrogens (tertiary/aromatic N) is 1. The third-order valence-corrected chi connectivity index (χ3v) is 8.29. The van der Waals surface area contributed by atoms with Crippen molar-refractivity contribution >= 4 is 7.82 Å². The number of hydrogen-bond acceptors (Lipinski definition) is 18. The minimum atomic E-state index is -4.73. The molecule has 0 aromatic heterocycles. The van der Waals surface area contributed by atoms with Crippen LogP contribution >= 0.6 is 7.82 Å². The zero-order valence-electron chi connectivity index (χ0n) is 24.3. The molecule has 3 fully saturated rings. The predicted molar refractivity (Wildman–Crippen MR) is 139 cm³/mol. The summed E-state index contributed by atoms with van der Waals surface area (Å²) in [6, 6.07) is 0. The predicted octanol–water partition coefficient (Wildman–Crippen LogP) is -6.73. The molecule has 0 bridgehead atoms. The van der Waals surface area contributed by atoms with Gasteiger partial charge in [-0.1, -0.05) is 0 Å². The molecule has 3 aliphatic rings. The van der Waals surface area contributed by atoms with Crippen molar-refractivity contribution < 1.29 is 97.7 Å². The molecule has 260 valence electrons. The zero-order chi connectivity index (χ0) is 33.1. The molecular weight excluding hydrogens is 625 g/mol. The fourth-order valence-corrected chi connectivity index (χ4v) is 5.30. The lowest BCUT2D eigenvalue weighted by molar-refractivity contribution is -0.870. The maximum atomic E-state index is 12.5. The molecule has 20 nitrogen and oxygen atoms in total. The lowest BCUT2D eigenvalue weighted by atomic mass is 9.97. The molecule has 0 aliphatic carbocycles. The van der Waals surface area contributed by atoms with E-state index in [0.29, 0.717) is 11.0 Å². The number of likely N-dealkylation sites (N-methyl/N-ethyl adjacent to an activating group) is 1. The monoisotopic (exact) mass is 670 g/mol.